The van der Waals surface area contributed by atoms with Crippen molar-refractivity contribution in [2.75, 3.05) is 11.1 Å². The fourth-order valence-corrected chi connectivity index (χ4v) is 2.19. The Morgan fingerprint density at radius 3 is 2.81 bits per heavy atom. The van der Waals surface area contributed by atoms with E-state index in [1.807, 2.05) is 18.2 Å². The highest BCUT2D eigenvalue weighted by Crippen LogP contribution is 2.19. The van der Waals surface area contributed by atoms with E-state index in [1.54, 1.807) is 13.0 Å². The first-order valence-electron chi connectivity index (χ1n) is 6.24. The molecule has 4 nitrogen and oxygen atoms in total. The van der Waals surface area contributed by atoms with E-state index >= 15 is 0 Å². The van der Waals surface area contributed by atoms with Crippen LogP contribution in [0.5, 0.6) is 5.75 Å². The molecule has 0 spiro atoms. The van der Waals surface area contributed by atoms with Crippen LogP contribution in [0.3, 0.4) is 0 Å². The van der Waals surface area contributed by atoms with Crippen LogP contribution in [0, 0.1) is 9.39 Å². The Kier molecular flexibility index (Phi) is 5.00. The molecule has 21 heavy (non-hydrogen) atoms. The van der Waals surface area contributed by atoms with E-state index in [4.69, 9.17) is 10.5 Å². The fourth-order valence-electron chi connectivity index (χ4n) is 1.67. The van der Waals surface area contributed by atoms with Crippen LogP contribution in [-0.4, -0.2) is 12.0 Å². The minimum absolute atomic E-state index is 0.0399. The summed E-state index contributed by atoms with van der Waals surface area (Å²) in [5.41, 5.74) is 5.98. The second kappa shape index (κ2) is 6.75. The third-order valence-electron chi connectivity index (χ3n) is 2.73. The summed E-state index contributed by atoms with van der Waals surface area (Å²) in [5.74, 6) is -0.407. The number of benzene rings is 2. The van der Waals surface area contributed by atoms with E-state index in [9.17, 15) is 9.18 Å². The second-order valence-corrected chi connectivity index (χ2v) is 5.69. The molecule has 3 N–H and O–H groups in total. The third-order valence-corrected chi connectivity index (χ3v) is 3.40. The number of carbonyl (C=O) groups is 1. The summed E-state index contributed by atoms with van der Waals surface area (Å²) in [7, 11) is 0. The second-order valence-electron chi connectivity index (χ2n) is 4.45. The number of amides is 1. The predicted octanol–water partition coefficient (Wildman–Crippen LogP) is 3.42. The smallest absolute Gasteiger partial charge is 0.265 e. The molecule has 0 saturated carbocycles. The molecule has 0 fully saturated rings. The summed E-state index contributed by atoms with van der Waals surface area (Å²) in [6.45, 7) is 1.60. The summed E-state index contributed by atoms with van der Waals surface area (Å²) >= 11 is 2.15. The van der Waals surface area contributed by atoms with Gasteiger partial charge in [0, 0.05) is 9.26 Å². The van der Waals surface area contributed by atoms with Gasteiger partial charge in [0.15, 0.2) is 6.10 Å². The average molecular weight is 400 g/mol. The monoisotopic (exact) mass is 400 g/mol. The van der Waals surface area contributed by atoms with Gasteiger partial charge in [0.25, 0.3) is 5.91 Å². The van der Waals surface area contributed by atoms with Crippen molar-refractivity contribution in [3.05, 3.63) is 51.9 Å². The van der Waals surface area contributed by atoms with Crippen molar-refractivity contribution in [2.45, 2.75) is 13.0 Å². The molecule has 6 heteroatoms. The number of ether oxygens (including phenoxy) is 1. The molecule has 2 aromatic rings. The summed E-state index contributed by atoms with van der Waals surface area (Å²) in [5, 5.41) is 2.46. The first-order valence-corrected chi connectivity index (χ1v) is 7.31. The summed E-state index contributed by atoms with van der Waals surface area (Å²) < 4.78 is 20.1. The number of nitrogens with one attached hydrogen (secondary N) is 1. The van der Waals surface area contributed by atoms with E-state index in [0.29, 0.717) is 11.4 Å². The number of nitrogens with two attached hydrogens (primary N) is 1. The first-order chi connectivity index (χ1) is 9.95. The topological polar surface area (TPSA) is 64.3 Å². The van der Waals surface area contributed by atoms with Gasteiger partial charge in [-0.25, -0.2) is 4.39 Å². The van der Waals surface area contributed by atoms with Gasteiger partial charge in [-0.2, -0.15) is 0 Å². The number of hydrogen-bond acceptors (Lipinski definition) is 3. The van der Waals surface area contributed by atoms with Crippen molar-refractivity contribution < 1.29 is 13.9 Å². The zero-order chi connectivity index (χ0) is 15.4. The molecule has 0 aliphatic carbocycles. The lowest BCUT2D eigenvalue weighted by Crippen LogP contribution is -2.30. The van der Waals surface area contributed by atoms with E-state index < -0.39 is 17.8 Å². The molecule has 0 radical (unpaired) electrons. The highest BCUT2D eigenvalue weighted by Gasteiger charge is 2.16. The maximum atomic E-state index is 13.6. The molecule has 0 aliphatic heterocycles. The Bertz CT molecular complexity index is 664. The fraction of sp³-hybridized carbons (Fsp3) is 0.133. The molecule has 0 aromatic heterocycles. The van der Waals surface area contributed by atoms with Crippen molar-refractivity contribution in [1.29, 1.82) is 0 Å². The van der Waals surface area contributed by atoms with E-state index in [2.05, 4.69) is 27.9 Å². The summed E-state index contributed by atoms with van der Waals surface area (Å²) in [6, 6.07) is 11.3. The first kappa shape index (κ1) is 15.6. The molecule has 0 heterocycles. The number of nitrogen functional groups attached to an aromatic ring is 1. The standard InChI is InChI=1S/C15H14FIN2O2/c1-9(21-12-4-2-3-10(17)7-12)15(20)19-14-8-11(18)5-6-13(14)16/h2-9H,18H2,1H3,(H,19,20). The van der Waals surface area contributed by atoms with E-state index in [1.165, 1.54) is 18.2 Å². The number of carbonyl (C=O) groups excluding carboxylic acids is 1. The normalized spacial score (nSPS) is 11.8. The maximum Gasteiger partial charge on any atom is 0.265 e. The van der Waals surface area contributed by atoms with Gasteiger partial charge in [0.1, 0.15) is 11.6 Å². The van der Waals surface area contributed by atoms with Gasteiger partial charge in [-0.3, -0.25) is 4.79 Å². The van der Waals surface area contributed by atoms with Gasteiger partial charge in [0.05, 0.1) is 5.69 Å². The van der Waals surface area contributed by atoms with Crippen LogP contribution in [0.1, 0.15) is 6.92 Å². The summed E-state index contributed by atoms with van der Waals surface area (Å²) in [4.78, 5) is 12.0. The van der Waals surface area contributed by atoms with Crippen LogP contribution in [-0.2, 0) is 4.79 Å². The minimum Gasteiger partial charge on any atom is -0.481 e. The highest BCUT2D eigenvalue weighted by molar-refractivity contribution is 14.1. The molecule has 0 bridgehead atoms. The largest absolute Gasteiger partial charge is 0.481 e. The Balaban J connectivity index is 2.04. The van der Waals surface area contributed by atoms with Crippen molar-refractivity contribution in [3.8, 4) is 5.75 Å². The Labute approximate surface area is 135 Å². The molecule has 110 valence electrons. The van der Waals surface area contributed by atoms with Crippen molar-refractivity contribution in [2.24, 2.45) is 0 Å². The quantitative estimate of drug-likeness (QED) is 0.611. The van der Waals surface area contributed by atoms with E-state index in [-0.39, 0.29) is 5.69 Å². The highest BCUT2D eigenvalue weighted by atomic mass is 127. The van der Waals surface area contributed by atoms with Crippen LogP contribution in [0.4, 0.5) is 15.8 Å². The van der Waals surface area contributed by atoms with Gasteiger partial charge in [-0.05, 0) is 65.9 Å². The lowest BCUT2D eigenvalue weighted by atomic mass is 10.2. The minimum atomic E-state index is -0.760. The molecule has 0 saturated heterocycles. The molecule has 2 rings (SSSR count). The third kappa shape index (κ3) is 4.32. The van der Waals surface area contributed by atoms with Crippen molar-refractivity contribution in [1.82, 2.24) is 0 Å². The molecule has 1 unspecified atom stereocenters. The average Bonchev–Trinajstić information content (AvgIpc) is 2.43. The van der Waals surface area contributed by atoms with Gasteiger partial charge in [0.2, 0.25) is 0 Å². The number of anilines is 2. The van der Waals surface area contributed by atoms with Crippen molar-refractivity contribution in [3.63, 3.8) is 0 Å². The molecule has 1 atom stereocenters. The van der Waals surface area contributed by atoms with Gasteiger partial charge in [-0.1, -0.05) is 6.07 Å². The van der Waals surface area contributed by atoms with Crippen LogP contribution in [0.15, 0.2) is 42.5 Å². The van der Waals surface area contributed by atoms with Crippen LogP contribution in [0.2, 0.25) is 0 Å². The number of rotatable bonds is 4. The predicted molar refractivity (Wildman–Crippen MR) is 88.7 cm³/mol. The Hall–Kier alpha value is -1.83. The summed E-state index contributed by atoms with van der Waals surface area (Å²) in [6.07, 6.45) is -0.760. The molecule has 0 aliphatic rings. The number of halogens is 2. The molecular weight excluding hydrogens is 386 g/mol. The molecule has 2 aromatic carbocycles. The zero-order valence-electron chi connectivity index (χ0n) is 11.3. The SMILES string of the molecule is CC(Oc1cccc(I)c1)C(=O)Nc1cc(N)ccc1F. The van der Waals surface area contributed by atoms with Crippen LogP contribution in [0.25, 0.3) is 0 Å². The lowest BCUT2D eigenvalue weighted by Gasteiger charge is -2.15. The Morgan fingerprint density at radius 1 is 1.33 bits per heavy atom. The van der Waals surface area contributed by atoms with Gasteiger partial charge in [-0.15, -0.1) is 0 Å². The maximum absolute atomic E-state index is 13.6. The molecule has 1 amide bonds. The lowest BCUT2D eigenvalue weighted by molar-refractivity contribution is -0.122. The number of hydrogen-bond donors (Lipinski definition) is 2. The van der Waals surface area contributed by atoms with Crippen molar-refractivity contribution >= 4 is 39.9 Å². The van der Waals surface area contributed by atoms with Crippen LogP contribution >= 0.6 is 22.6 Å². The van der Waals surface area contributed by atoms with Gasteiger partial charge >= 0.3 is 0 Å². The zero-order valence-corrected chi connectivity index (χ0v) is 13.4. The Morgan fingerprint density at radius 2 is 2.10 bits per heavy atom. The molecular formula is C15H14FIN2O2. The van der Waals surface area contributed by atoms with Gasteiger partial charge < -0.3 is 15.8 Å². The van der Waals surface area contributed by atoms with Crippen LogP contribution < -0.4 is 15.8 Å². The van der Waals surface area contributed by atoms with E-state index in [0.717, 1.165) is 3.57 Å².